The molecule has 0 aliphatic heterocycles. The number of pyridine rings is 1. The molecule has 1 aromatic heterocycles. The van der Waals surface area contributed by atoms with Crippen molar-refractivity contribution in [1.82, 2.24) is 4.98 Å². The van der Waals surface area contributed by atoms with Crippen molar-refractivity contribution in [2.45, 2.75) is 46.3 Å². The third-order valence-corrected chi connectivity index (χ3v) is 4.63. The number of nitrogens with one attached hydrogen (secondary N) is 1. The average molecular weight is 474 g/mol. The summed E-state index contributed by atoms with van der Waals surface area (Å²) in [6, 6.07) is 15.1. The van der Waals surface area contributed by atoms with Gasteiger partial charge in [0.15, 0.2) is 0 Å². The summed E-state index contributed by atoms with van der Waals surface area (Å²) in [6.07, 6.45) is -4.90. The van der Waals surface area contributed by atoms with Crippen LogP contribution in [0.15, 0.2) is 60.7 Å². The van der Waals surface area contributed by atoms with Crippen LogP contribution in [0.5, 0.6) is 17.2 Å². The maximum atomic E-state index is 12.8. The van der Waals surface area contributed by atoms with Crippen LogP contribution in [0.1, 0.15) is 48.6 Å². The third-order valence-electron chi connectivity index (χ3n) is 4.63. The third kappa shape index (κ3) is 7.21. The van der Waals surface area contributed by atoms with Crippen molar-refractivity contribution >= 4 is 11.6 Å². The highest BCUT2D eigenvalue weighted by Crippen LogP contribution is 2.28. The minimum atomic E-state index is -4.76. The Hall–Kier alpha value is -3.59. The van der Waals surface area contributed by atoms with E-state index in [9.17, 15) is 18.0 Å². The first kappa shape index (κ1) is 25.0. The number of benzene rings is 2. The van der Waals surface area contributed by atoms with E-state index in [2.05, 4.69) is 15.0 Å². The molecule has 1 heterocycles. The van der Waals surface area contributed by atoms with Crippen molar-refractivity contribution in [2.24, 2.45) is 0 Å². The highest BCUT2D eigenvalue weighted by atomic mass is 19.4. The Morgan fingerprint density at radius 3 is 2.24 bits per heavy atom. The fourth-order valence-electron chi connectivity index (χ4n) is 3.21. The van der Waals surface area contributed by atoms with Crippen LogP contribution in [0.2, 0.25) is 0 Å². The summed E-state index contributed by atoms with van der Waals surface area (Å²) in [5, 5.41) is 2.81. The quantitative estimate of drug-likeness (QED) is 0.388. The molecule has 0 radical (unpaired) electrons. The number of amides is 1. The molecule has 0 aliphatic carbocycles. The van der Waals surface area contributed by atoms with E-state index in [1.807, 2.05) is 20.8 Å². The summed E-state index contributed by atoms with van der Waals surface area (Å²) in [5.41, 5.74) is 2.22. The number of ether oxygens (including phenoxy) is 3. The first-order valence-corrected chi connectivity index (χ1v) is 10.6. The Morgan fingerprint density at radius 1 is 0.941 bits per heavy atom. The molecule has 0 aliphatic rings. The molecule has 1 atom stereocenters. The molecule has 3 aromatic rings. The normalized spacial score (nSPS) is 12.4. The van der Waals surface area contributed by atoms with E-state index in [1.165, 1.54) is 12.1 Å². The van der Waals surface area contributed by atoms with Crippen LogP contribution in [0.4, 0.5) is 18.9 Å². The van der Waals surface area contributed by atoms with Crippen molar-refractivity contribution in [3.05, 3.63) is 77.6 Å². The van der Waals surface area contributed by atoms with Gasteiger partial charge < -0.3 is 19.5 Å². The average Bonchev–Trinajstić information content (AvgIpc) is 2.73. The topological polar surface area (TPSA) is 69.7 Å². The van der Waals surface area contributed by atoms with Gasteiger partial charge in [-0.1, -0.05) is 6.07 Å². The van der Waals surface area contributed by atoms with Crippen molar-refractivity contribution in [1.29, 1.82) is 0 Å². The lowest BCUT2D eigenvalue weighted by atomic mass is 10.1. The number of aryl methyl sites for hydroxylation is 1. The summed E-state index contributed by atoms with van der Waals surface area (Å²) in [6.45, 7) is 7.55. The van der Waals surface area contributed by atoms with Gasteiger partial charge in [-0.15, -0.1) is 13.2 Å². The largest absolute Gasteiger partial charge is 0.573 e. The first-order chi connectivity index (χ1) is 16.0. The zero-order chi connectivity index (χ0) is 24.9. The van der Waals surface area contributed by atoms with Gasteiger partial charge in [-0.3, -0.25) is 9.78 Å². The number of carbonyl (C=O) groups is 1. The second-order valence-electron chi connectivity index (χ2n) is 7.80. The van der Waals surface area contributed by atoms with Gasteiger partial charge >= 0.3 is 6.36 Å². The second kappa shape index (κ2) is 10.6. The maximum absolute atomic E-state index is 12.8. The summed E-state index contributed by atoms with van der Waals surface area (Å²) in [7, 11) is 0. The molecule has 180 valence electrons. The lowest BCUT2D eigenvalue weighted by molar-refractivity contribution is -0.274. The zero-order valence-corrected chi connectivity index (χ0v) is 19.1. The summed E-state index contributed by atoms with van der Waals surface area (Å²) in [5.74, 6) is 0.0271. The monoisotopic (exact) mass is 474 g/mol. The molecule has 1 amide bonds. The Labute approximate surface area is 195 Å². The van der Waals surface area contributed by atoms with E-state index in [4.69, 9.17) is 9.47 Å². The molecule has 2 aromatic carbocycles. The van der Waals surface area contributed by atoms with Gasteiger partial charge in [-0.05, 0) is 76.2 Å². The molecule has 1 unspecified atom stereocenters. The molecular formula is C25H25F3N2O4. The van der Waals surface area contributed by atoms with Crippen molar-refractivity contribution < 1.29 is 32.2 Å². The summed E-state index contributed by atoms with van der Waals surface area (Å²) in [4.78, 5) is 17.3. The van der Waals surface area contributed by atoms with Crippen LogP contribution >= 0.6 is 0 Å². The standard InChI is InChI=1S/C25H25F3N2O4/c1-15(2)32-17(4)23-13-12-22(16(3)29-23)24(31)30-18-6-5-7-21(14-18)33-19-8-10-20(11-9-19)34-25(26,27)28/h5-15,17H,1-4H3,(H,30,31). The molecule has 34 heavy (non-hydrogen) atoms. The number of carbonyl (C=O) groups excluding carboxylic acids is 1. The van der Waals surface area contributed by atoms with Crippen LogP contribution in [-0.2, 0) is 4.74 Å². The molecule has 0 fully saturated rings. The van der Waals surface area contributed by atoms with E-state index in [0.29, 0.717) is 28.4 Å². The Bertz CT molecular complexity index is 1130. The van der Waals surface area contributed by atoms with Gasteiger partial charge in [0.25, 0.3) is 5.91 Å². The predicted octanol–water partition coefficient (Wildman–Crippen LogP) is 6.82. The number of rotatable bonds is 8. The van der Waals surface area contributed by atoms with Crippen molar-refractivity contribution in [3.8, 4) is 17.2 Å². The number of anilines is 1. The van der Waals surface area contributed by atoms with E-state index in [-0.39, 0.29) is 23.9 Å². The Kier molecular flexibility index (Phi) is 7.78. The fourth-order valence-corrected chi connectivity index (χ4v) is 3.21. The molecule has 0 saturated heterocycles. The van der Waals surface area contributed by atoms with E-state index >= 15 is 0 Å². The molecule has 1 N–H and O–H groups in total. The molecule has 9 heteroatoms. The van der Waals surface area contributed by atoms with E-state index in [1.54, 1.807) is 43.3 Å². The number of nitrogens with zero attached hydrogens (tertiary/aromatic N) is 1. The van der Waals surface area contributed by atoms with Gasteiger partial charge in [0, 0.05) is 11.8 Å². The molecule has 0 bridgehead atoms. The predicted molar refractivity (Wildman–Crippen MR) is 121 cm³/mol. The number of hydrogen-bond donors (Lipinski definition) is 1. The van der Waals surface area contributed by atoms with Crippen LogP contribution in [0.25, 0.3) is 0 Å². The van der Waals surface area contributed by atoms with Gasteiger partial charge in [0.05, 0.1) is 29.2 Å². The molecule has 0 spiro atoms. The number of aromatic nitrogens is 1. The highest BCUT2D eigenvalue weighted by Gasteiger charge is 2.31. The highest BCUT2D eigenvalue weighted by molar-refractivity contribution is 6.05. The first-order valence-electron chi connectivity index (χ1n) is 10.6. The zero-order valence-electron chi connectivity index (χ0n) is 19.1. The van der Waals surface area contributed by atoms with E-state index < -0.39 is 6.36 Å². The molecule has 6 nitrogen and oxygen atoms in total. The minimum Gasteiger partial charge on any atom is -0.457 e. The maximum Gasteiger partial charge on any atom is 0.573 e. The Morgan fingerprint density at radius 2 is 1.62 bits per heavy atom. The van der Waals surface area contributed by atoms with Gasteiger partial charge in [0.1, 0.15) is 17.2 Å². The molecule has 0 saturated carbocycles. The van der Waals surface area contributed by atoms with Crippen LogP contribution in [-0.4, -0.2) is 23.4 Å². The lowest BCUT2D eigenvalue weighted by Gasteiger charge is -2.17. The number of halogens is 3. The Balaban J connectivity index is 1.66. The number of alkyl halides is 3. The molecular weight excluding hydrogens is 449 g/mol. The summed E-state index contributed by atoms with van der Waals surface area (Å²) < 4.78 is 52.1. The van der Waals surface area contributed by atoms with E-state index in [0.717, 1.165) is 17.8 Å². The van der Waals surface area contributed by atoms with Crippen LogP contribution < -0.4 is 14.8 Å². The summed E-state index contributed by atoms with van der Waals surface area (Å²) >= 11 is 0. The van der Waals surface area contributed by atoms with Crippen LogP contribution in [0.3, 0.4) is 0 Å². The van der Waals surface area contributed by atoms with Crippen molar-refractivity contribution in [3.63, 3.8) is 0 Å². The van der Waals surface area contributed by atoms with Gasteiger partial charge in [0.2, 0.25) is 0 Å². The fraction of sp³-hybridized carbons (Fsp3) is 0.280. The lowest BCUT2D eigenvalue weighted by Crippen LogP contribution is -2.16. The SMILES string of the molecule is Cc1nc(C(C)OC(C)C)ccc1C(=O)Nc1cccc(Oc2ccc(OC(F)(F)F)cc2)c1. The number of hydrogen-bond acceptors (Lipinski definition) is 5. The van der Waals surface area contributed by atoms with Crippen LogP contribution in [0, 0.1) is 6.92 Å². The minimum absolute atomic E-state index is 0.0562. The second-order valence-corrected chi connectivity index (χ2v) is 7.80. The smallest absolute Gasteiger partial charge is 0.457 e. The van der Waals surface area contributed by atoms with Gasteiger partial charge in [-0.25, -0.2) is 0 Å². The van der Waals surface area contributed by atoms with Gasteiger partial charge in [-0.2, -0.15) is 0 Å². The molecule has 3 rings (SSSR count). The van der Waals surface area contributed by atoms with Crippen molar-refractivity contribution in [2.75, 3.05) is 5.32 Å².